The first-order valence-corrected chi connectivity index (χ1v) is 11.2. The first-order chi connectivity index (χ1) is 14.1. The highest BCUT2D eigenvalue weighted by Crippen LogP contribution is 2.28. The third-order valence-electron chi connectivity index (χ3n) is 5.37. The monoisotopic (exact) mass is 418 g/mol. The van der Waals surface area contributed by atoms with Crippen molar-refractivity contribution in [3.8, 4) is 0 Å². The molecular weight excluding hydrogens is 376 g/mol. The number of allylic oxidation sites excluding steroid dienone is 4. The molecule has 30 heavy (non-hydrogen) atoms. The molecule has 2 rings (SSSR count). The van der Waals surface area contributed by atoms with Crippen LogP contribution in [0.4, 0.5) is 4.79 Å². The molecule has 2 fully saturated rings. The molecule has 1 aliphatic heterocycles. The number of piperidine rings is 1. The summed E-state index contributed by atoms with van der Waals surface area (Å²) in [6, 6.07) is 1.14. The molecule has 0 spiro atoms. The van der Waals surface area contributed by atoms with Gasteiger partial charge in [0.05, 0.1) is 0 Å². The number of amides is 1. The maximum absolute atomic E-state index is 12.5. The average molecular weight is 419 g/mol. The Morgan fingerprint density at radius 1 is 1.23 bits per heavy atom. The molecule has 0 radical (unpaired) electrons. The van der Waals surface area contributed by atoms with Crippen molar-refractivity contribution in [3.05, 3.63) is 37.0 Å². The van der Waals surface area contributed by atoms with Crippen LogP contribution in [0.2, 0.25) is 0 Å². The predicted molar refractivity (Wildman–Crippen MR) is 125 cm³/mol. The quantitative estimate of drug-likeness (QED) is 0.392. The van der Waals surface area contributed by atoms with Gasteiger partial charge in [-0.2, -0.15) is 0 Å². The summed E-state index contributed by atoms with van der Waals surface area (Å²) in [5.74, 6) is 0.579. The second-order valence-corrected chi connectivity index (χ2v) is 9.59. The number of hydrogen-bond acceptors (Lipinski definition) is 4. The minimum Gasteiger partial charge on any atom is -0.444 e. The van der Waals surface area contributed by atoms with Crippen LogP contribution in [0.25, 0.3) is 0 Å². The Kier molecular flexibility index (Phi) is 11.1. The lowest BCUT2D eigenvalue weighted by Gasteiger charge is -2.40. The summed E-state index contributed by atoms with van der Waals surface area (Å²) in [6.07, 6.45) is 12.4. The van der Waals surface area contributed by atoms with E-state index in [1.165, 1.54) is 19.3 Å². The SMILES string of the molecule is C=C/C=C\C(=C)CC=O.CC1CC[C@H](CCN(C)C2CC2)N(C(=O)OC(C)(C)C)C1. The summed E-state index contributed by atoms with van der Waals surface area (Å²) in [7, 11) is 2.21. The summed E-state index contributed by atoms with van der Waals surface area (Å²) in [6.45, 7) is 17.1. The molecule has 1 saturated heterocycles. The zero-order chi connectivity index (χ0) is 22.7. The van der Waals surface area contributed by atoms with Crippen molar-refractivity contribution in [2.24, 2.45) is 5.92 Å². The third kappa shape index (κ3) is 10.8. The fourth-order valence-electron chi connectivity index (χ4n) is 3.48. The molecule has 1 aliphatic carbocycles. The van der Waals surface area contributed by atoms with Crippen LogP contribution < -0.4 is 0 Å². The molecule has 5 nitrogen and oxygen atoms in total. The van der Waals surface area contributed by atoms with Crippen LogP contribution in [0, 0.1) is 5.92 Å². The van der Waals surface area contributed by atoms with Gasteiger partial charge in [0.2, 0.25) is 0 Å². The number of carbonyl (C=O) groups is 2. The topological polar surface area (TPSA) is 49.9 Å². The summed E-state index contributed by atoms with van der Waals surface area (Å²) < 4.78 is 5.60. The van der Waals surface area contributed by atoms with E-state index in [-0.39, 0.29) is 6.09 Å². The second kappa shape index (κ2) is 12.7. The zero-order valence-electron chi connectivity index (χ0n) is 19.7. The molecular formula is C25H42N2O3. The smallest absolute Gasteiger partial charge is 0.410 e. The molecule has 0 bridgehead atoms. The van der Waals surface area contributed by atoms with Crippen LogP contribution >= 0.6 is 0 Å². The van der Waals surface area contributed by atoms with E-state index in [0.717, 1.165) is 43.8 Å². The summed E-state index contributed by atoms with van der Waals surface area (Å²) >= 11 is 0. The van der Waals surface area contributed by atoms with Gasteiger partial charge in [-0.1, -0.05) is 38.3 Å². The van der Waals surface area contributed by atoms with Gasteiger partial charge in [-0.25, -0.2) is 4.79 Å². The van der Waals surface area contributed by atoms with Crippen molar-refractivity contribution in [2.75, 3.05) is 20.1 Å². The van der Waals surface area contributed by atoms with Crippen LogP contribution in [-0.4, -0.2) is 60.0 Å². The predicted octanol–water partition coefficient (Wildman–Crippen LogP) is 5.38. The van der Waals surface area contributed by atoms with E-state index in [4.69, 9.17) is 4.74 Å². The summed E-state index contributed by atoms with van der Waals surface area (Å²) in [4.78, 5) is 26.7. The molecule has 0 aromatic heterocycles. The van der Waals surface area contributed by atoms with Crippen molar-refractivity contribution in [1.29, 1.82) is 0 Å². The van der Waals surface area contributed by atoms with Crippen molar-refractivity contribution in [3.63, 3.8) is 0 Å². The van der Waals surface area contributed by atoms with Crippen molar-refractivity contribution in [2.45, 2.75) is 83.9 Å². The van der Waals surface area contributed by atoms with E-state index >= 15 is 0 Å². The van der Waals surface area contributed by atoms with E-state index in [2.05, 4.69) is 32.0 Å². The lowest BCUT2D eigenvalue weighted by Crippen LogP contribution is -2.49. The van der Waals surface area contributed by atoms with Gasteiger partial charge >= 0.3 is 6.09 Å². The number of carbonyl (C=O) groups excluding carboxylic acids is 2. The van der Waals surface area contributed by atoms with Gasteiger partial charge in [0, 0.05) is 31.6 Å². The number of hydrogen-bond donors (Lipinski definition) is 0. The van der Waals surface area contributed by atoms with Gasteiger partial charge in [0.15, 0.2) is 0 Å². The average Bonchev–Trinajstić information content (AvgIpc) is 3.50. The number of rotatable bonds is 8. The van der Waals surface area contributed by atoms with Crippen molar-refractivity contribution < 1.29 is 14.3 Å². The summed E-state index contributed by atoms with van der Waals surface area (Å²) in [5, 5.41) is 0. The number of ether oxygens (including phenoxy) is 1. The minimum atomic E-state index is -0.410. The Balaban J connectivity index is 0.000000424. The number of aldehydes is 1. The fourth-order valence-corrected chi connectivity index (χ4v) is 3.48. The first kappa shape index (κ1) is 26.2. The number of likely N-dealkylation sites (tertiary alicyclic amines) is 1. The lowest BCUT2D eigenvalue weighted by atomic mass is 9.92. The first-order valence-electron chi connectivity index (χ1n) is 11.2. The Morgan fingerprint density at radius 3 is 2.43 bits per heavy atom. The standard InChI is InChI=1S/C17H32N2O2.C8H10O/c1-13-6-7-15(10-11-18(5)14-8-9-14)19(12-13)16(20)21-17(2,3)4;1-3-4-5-8(2)6-7-9/h13-15H,6-12H2,1-5H3;3-5,7H,1-2,6H2/b;5-4-/t13?,15-;/m1./s1. The Labute approximate surface area is 183 Å². The Bertz CT molecular complexity index is 602. The van der Waals surface area contributed by atoms with Crippen LogP contribution in [0.1, 0.15) is 66.2 Å². The Morgan fingerprint density at radius 2 is 1.90 bits per heavy atom. The van der Waals surface area contributed by atoms with Gasteiger partial charge in [-0.3, -0.25) is 0 Å². The van der Waals surface area contributed by atoms with Crippen LogP contribution in [0.5, 0.6) is 0 Å². The van der Waals surface area contributed by atoms with Crippen LogP contribution in [-0.2, 0) is 9.53 Å². The number of nitrogens with zero attached hydrogens (tertiary/aromatic N) is 2. The normalized spacial score (nSPS) is 21.7. The van der Waals surface area contributed by atoms with Gasteiger partial charge < -0.3 is 19.3 Å². The summed E-state index contributed by atoms with van der Waals surface area (Å²) in [5.41, 5.74) is 0.400. The molecule has 1 amide bonds. The molecule has 0 aromatic carbocycles. The van der Waals surface area contributed by atoms with Gasteiger partial charge in [-0.15, -0.1) is 0 Å². The molecule has 1 heterocycles. The molecule has 1 unspecified atom stereocenters. The lowest BCUT2D eigenvalue weighted by molar-refractivity contribution is -0.107. The second-order valence-electron chi connectivity index (χ2n) is 9.59. The molecule has 0 N–H and O–H groups in total. The Hall–Kier alpha value is -1.88. The fraction of sp³-hybridized carbons (Fsp3) is 0.680. The third-order valence-corrected chi connectivity index (χ3v) is 5.37. The molecule has 2 aliphatic rings. The van der Waals surface area contributed by atoms with E-state index in [1.54, 1.807) is 18.2 Å². The highest BCUT2D eigenvalue weighted by atomic mass is 16.6. The molecule has 5 heteroatoms. The van der Waals surface area contributed by atoms with Crippen molar-refractivity contribution >= 4 is 12.4 Å². The van der Waals surface area contributed by atoms with Gasteiger partial charge in [-0.05, 0) is 71.4 Å². The maximum atomic E-state index is 12.5. The van der Waals surface area contributed by atoms with E-state index in [0.29, 0.717) is 18.4 Å². The highest BCUT2D eigenvalue weighted by molar-refractivity contribution is 5.68. The van der Waals surface area contributed by atoms with E-state index in [9.17, 15) is 9.59 Å². The largest absolute Gasteiger partial charge is 0.444 e. The van der Waals surface area contributed by atoms with E-state index in [1.807, 2.05) is 25.7 Å². The van der Waals surface area contributed by atoms with Gasteiger partial charge in [0.25, 0.3) is 0 Å². The highest BCUT2D eigenvalue weighted by Gasteiger charge is 2.34. The maximum Gasteiger partial charge on any atom is 0.410 e. The molecule has 170 valence electrons. The van der Waals surface area contributed by atoms with E-state index < -0.39 is 5.60 Å². The zero-order valence-corrected chi connectivity index (χ0v) is 19.7. The molecule has 1 saturated carbocycles. The molecule has 0 aromatic rings. The van der Waals surface area contributed by atoms with Crippen molar-refractivity contribution in [1.82, 2.24) is 9.80 Å². The minimum absolute atomic E-state index is 0.131. The molecule has 2 atom stereocenters. The van der Waals surface area contributed by atoms with Gasteiger partial charge in [0.1, 0.15) is 11.9 Å². The van der Waals surface area contributed by atoms with Crippen LogP contribution in [0.15, 0.2) is 37.0 Å². The van der Waals surface area contributed by atoms with Crippen LogP contribution in [0.3, 0.4) is 0 Å².